The lowest BCUT2D eigenvalue weighted by Gasteiger charge is -2.12. The molecule has 0 radical (unpaired) electrons. The largest absolute Gasteiger partial charge is 0.478 e. The molecule has 21 heavy (non-hydrogen) atoms. The summed E-state index contributed by atoms with van der Waals surface area (Å²) >= 11 is 0. The summed E-state index contributed by atoms with van der Waals surface area (Å²) < 4.78 is 13.3. The van der Waals surface area contributed by atoms with Gasteiger partial charge in [0.2, 0.25) is 5.91 Å². The summed E-state index contributed by atoms with van der Waals surface area (Å²) in [5, 5.41) is 14.6. The summed E-state index contributed by atoms with van der Waals surface area (Å²) in [6.45, 7) is 4.79. The van der Waals surface area contributed by atoms with E-state index in [1.807, 2.05) is 13.8 Å². The predicted octanol–water partition coefficient (Wildman–Crippen LogP) is 1.68. The highest BCUT2D eigenvalue weighted by atomic mass is 19.1. The van der Waals surface area contributed by atoms with Gasteiger partial charge in [-0.25, -0.2) is 9.18 Å². The number of aromatic carboxylic acids is 1. The maximum Gasteiger partial charge on any atom is 0.340 e. The fourth-order valence-corrected chi connectivity index (χ4v) is 1.69. The van der Waals surface area contributed by atoms with Gasteiger partial charge in [0.25, 0.3) is 0 Å². The number of halogens is 1. The van der Waals surface area contributed by atoms with Crippen LogP contribution in [0.3, 0.4) is 0 Å². The molecule has 0 saturated heterocycles. The maximum absolute atomic E-state index is 13.3. The quantitative estimate of drug-likeness (QED) is 0.573. The van der Waals surface area contributed by atoms with Crippen molar-refractivity contribution in [3.63, 3.8) is 0 Å². The van der Waals surface area contributed by atoms with Crippen molar-refractivity contribution in [3.8, 4) is 0 Å². The number of carbonyl (C=O) groups excluding carboxylic acids is 1. The Morgan fingerprint density at radius 3 is 2.62 bits per heavy atom. The van der Waals surface area contributed by atoms with Crippen molar-refractivity contribution in [2.75, 3.05) is 24.1 Å². The van der Waals surface area contributed by atoms with Gasteiger partial charge in [0.1, 0.15) is 11.4 Å². The third-order valence-electron chi connectivity index (χ3n) is 2.78. The van der Waals surface area contributed by atoms with Crippen molar-refractivity contribution in [1.29, 1.82) is 0 Å². The van der Waals surface area contributed by atoms with Crippen LogP contribution in [0, 0.1) is 11.7 Å². The topological polar surface area (TPSA) is 104 Å². The molecule has 0 saturated carbocycles. The SMILES string of the molecule is CC(C)CNC(=O)CCNc1ccc(F)c(N)c1C(=O)O. The summed E-state index contributed by atoms with van der Waals surface area (Å²) in [5.74, 6) is -1.88. The Bertz CT molecular complexity index is 532. The maximum atomic E-state index is 13.3. The third-order valence-corrected chi connectivity index (χ3v) is 2.78. The average molecular weight is 297 g/mol. The molecule has 0 heterocycles. The van der Waals surface area contributed by atoms with E-state index < -0.39 is 17.5 Å². The van der Waals surface area contributed by atoms with Gasteiger partial charge in [-0.05, 0) is 18.1 Å². The second kappa shape index (κ2) is 7.47. The second-order valence-electron chi connectivity index (χ2n) is 5.06. The second-order valence-corrected chi connectivity index (χ2v) is 5.06. The van der Waals surface area contributed by atoms with Crippen molar-refractivity contribution in [2.45, 2.75) is 20.3 Å². The summed E-state index contributed by atoms with van der Waals surface area (Å²) in [4.78, 5) is 22.6. The number of rotatable bonds is 7. The lowest BCUT2D eigenvalue weighted by Crippen LogP contribution is -2.28. The van der Waals surface area contributed by atoms with Crippen LogP contribution in [0.4, 0.5) is 15.8 Å². The molecule has 1 rings (SSSR count). The molecule has 116 valence electrons. The number of carboxylic acids is 1. The Kier molecular flexibility index (Phi) is 5.95. The fraction of sp³-hybridized carbons (Fsp3) is 0.429. The molecule has 0 atom stereocenters. The molecule has 0 aliphatic heterocycles. The highest BCUT2D eigenvalue weighted by Gasteiger charge is 2.17. The molecular formula is C14H20FN3O3. The van der Waals surface area contributed by atoms with E-state index in [9.17, 15) is 14.0 Å². The number of hydrogen-bond donors (Lipinski definition) is 4. The average Bonchev–Trinajstić information content (AvgIpc) is 2.40. The molecule has 0 aromatic heterocycles. The first-order valence-corrected chi connectivity index (χ1v) is 6.64. The zero-order chi connectivity index (χ0) is 16.0. The Morgan fingerprint density at radius 1 is 1.38 bits per heavy atom. The van der Waals surface area contributed by atoms with Gasteiger partial charge in [0.15, 0.2) is 0 Å². The van der Waals surface area contributed by atoms with E-state index in [0.717, 1.165) is 6.07 Å². The number of nitrogens with one attached hydrogen (secondary N) is 2. The monoisotopic (exact) mass is 297 g/mol. The smallest absolute Gasteiger partial charge is 0.340 e. The molecular weight excluding hydrogens is 277 g/mol. The minimum Gasteiger partial charge on any atom is -0.478 e. The van der Waals surface area contributed by atoms with Crippen molar-refractivity contribution in [2.24, 2.45) is 5.92 Å². The molecule has 0 bridgehead atoms. The molecule has 5 N–H and O–H groups in total. The van der Waals surface area contributed by atoms with Crippen LogP contribution in [0.2, 0.25) is 0 Å². The molecule has 1 amide bonds. The summed E-state index contributed by atoms with van der Waals surface area (Å²) in [6.07, 6.45) is 0.184. The Hall–Kier alpha value is -2.31. The van der Waals surface area contributed by atoms with Gasteiger partial charge >= 0.3 is 5.97 Å². The minimum absolute atomic E-state index is 0.136. The molecule has 1 aromatic carbocycles. The normalized spacial score (nSPS) is 10.5. The number of hydrogen-bond acceptors (Lipinski definition) is 4. The molecule has 0 fully saturated rings. The first kappa shape index (κ1) is 16.7. The highest BCUT2D eigenvalue weighted by molar-refractivity contribution is 6.00. The van der Waals surface area contributed by atoms with Crippen LogP contribution in [0.25, 0.3) is 0 Å². The van der Waals surface area contributed by atoms with Gasteiger partial charge in [-0.1, -0.05) is 13.8 Å². The van der Waals surface area contributed by atoms with E-state index >= 15 is 0 Å². The predicted molar refractivity (Wildman–Crippen MR) is 78.7 cm³/mol. The van der Waals surface area contributed by atoms with Crippen molar-refractivity contribution < 1.29 is 19.1 Å². The fourth-order valence-electron chi connectivity index (χ4n) is 1.69. The molecule has 0 spiro atoms. The van der Waals surface area contributed by atoms with Crippen molar-refractivity contribution in [1.82, 2.24) is 5.32 Å². The zero-order valence-electron chi connectivity index (χ0n) is 12.1. The van der Waals surface area contributed by atoms with E-state index in [-0.39, 0.29) is 30.1 Å². The molecule has 1 aromatic rings. The van der Waals surface area contributed by atoms with Gasteiger partial charge in [0, 0.05) is 19.5 Å². The summed E-state index contributed by atoms with van der Waals surface area (Å²) in [5.41, 5.74) is 4.87. The van der Waals surface area contributed by atoms with Crippen LogP contribution < -0.4 is 16.4 Å². The number of anilines is 2. The van der Waals surface area contributed by atoms with Crippen LogP contribution in [-0.4, -0.2) is 30.1 Å². The van der Waals surface area contributed by atoms with E-state index in [1.165, 1.54) is 6.07 Å². The molecule has 0 unspecified atom stereocenters. The van der Waals surface area contributed by atoms with Gasteiger partial charge in [0.05, 0.1) is 11.4 Å². The molecule has 0 aliphatic carbocycles. The van der Waals surface area contributed by atoms with Crippen LogP contribution in [0.15, 0.2) is 12.1 Å². The molecule has 7 heteroatoms. The van der Waals surface area contributed by atoms with Crippen LogP contribution >= 0.6 is 0 Å². The van der Waals surface area contributed by atoms with E-state index in [2.05, 4.69) is 10.6 Å². The lowest BCUT2D eigenvalue weighted by atomic mass is 10.1. The van der Waals surface area contributed by atoms with E-state index in [1.54, 1.807) is 0 Å². The van der Waals surface area contributed by atoms with Gasteiger partial charge in [-0.15, -0.1) is 0 Å². The Morgan fingerprint density at radius 2 is 2.05 bits per heavy atom. The van der Waals surface area contributed by atoms with Crippen LogP contribution in [-0.2, 0) is 4.79 Å². The molecule has 0 aliphatic rings. The Balaban J connectivity index is 2.62. The zero-order valence-corrected chi connectivity index (χ0v) is 12.1. The van der Waals surface area contributed by atoms with Gasteiger partial charge in [-0.3, -0.25) is 4.79 Å². The standard InChI is InChI=1S/C14H20FN3O3/c1-8(2)7-18-11(19)5-6-17-10-4-3-9(15)13(16)12(10)14(20)21/h3-4,8,17H,5-7,16H2,1-2H3,(H,18,19)(H,20,21). The summed E-state index contributed by atoms with van der Waals surface area (Å²) in [6, 6.07) is 2.38. The minimum atomic E-state index is -1.32. The first-order chi connectivity index (χ1) is 9.82. The Labute approximate surface area is 122 Å². The number of carboxylic acid groups (broad SMARTS) is 1. The third kappa shape index (κ3) is 4.94. The van der Waals surface area contributed by atoms with Gasteiger partial charge < -0.3 is 21.5 Å². The highest BCUT2D eigenvalue weighted by Crippen LogP contribution is 2.25. The van der Waals surface area contributed by atoms with Gasteiger partial charge in [-0.2, -0.15) is 0 Å². The number of amides is 1. The first-order valence-electron chi connectivity index (χ1n) is 6.64. The van der Waals surface area contributed by atoms with Crippen LogP contribution in [0.1, 0.15) is 30.6 Å². The van der Waals surface area contributed by atoms with Crippen LogP contribution in [0.5, 0.6) is 0 Å². The molecule has 6 nitrogen and oxygen atoms in total. The summed E-state index contributed by atoms with van der Waals surface area (Å²) in [7, 11) is 0. The number of nitrogen functional groups attached to an aromatic ring is 1. The number of carbonyl (C=O) groups is 2. The van der Waals surface area contributed by atoms with Crippen molar-refractivity contribution in [3.05, 3.63) is 23.5 Å². The number of benzene rings is 1. The van der Waals surface area contributed by atoms with E-state index in [0.29, 0.717) is 12.5 Å². The van der Waals surface area contributed by atoms with Crippen molar-refractivity contribution >= 4 is 23.3 Å². The van der Waals surface area contributed by atoms with E-state index in [4.69, 9.17) is 10.8 Å². The number of nitrogens with two attached hydrogens (primary N) is 1. The lowest BCUT2D eigenvalue weighted by molar-refractivity contribution is -0.120.